The lowest BCUT2D eigenvalue weighted by Crippen LogP contribution is -2.13. The van der Waals surface area contributed by atoms with Gasteiger partial charge in [-0.15, -0.1) is 0 Å². The van der Waals surface area contributed by atoms with Crippen LogP contribution < -0.4 is 5.32 Å². The highest BCUT2D eigenvalue weighted by molar-refractivity contribution is 9.10. The molecule has 2 nitrogen and oxygen atoms in total. The van der Waals surface area contributed by atoms with E-state index in [2.05, 4.69) is 50.5 Å². The van der Waals surface area contributed by atoms with E-state index in [1.54, 1.807) is 0 Å². The van der Waals surface area contributed by atoms with Gasteiger partial charge in [-0.1, -0.05) is 34.1 Å². The quantitative estimate of drug-likeness (QED) is 0.933. The average molecular weight is 291 g/mol. The van der Waals surface area contributed by atoms with Crippen LogP contribution in [0.4, 0.5) is 0 Å². The molecule has 0 saturated carbocycles. The summed E-state index contributed by atoms with van der Waals surface area (Å²) in [7, 11) is 0. The van der Waals surface area contributed by atoms with E-state index in [0.29, 0.717) is 0 Å². The van der Waals surface area contributed by atoms with E-state index in [1.807, 2.05) is 25.3 Å². The molecule has 0 aliphatic heterocycles. The Morgan fingerprint density at radius 1 is 1.18 bits per heavy atom. The van der Waals surface area contributed by atoms with Crippen molar-refractivity contribution in [3.8, 4) is 0 Å². The van der Waals surface area contributed by atoms with Gasteiger partial charge >= 0.3 is 0 Å². The van der Waals surface area contributed by atoms with Crippen LogP contribution in [0.1, 0.15) is 16.8 Å². The van der Waals surface area contributed by atoms with E-state index in [0.717, 1.165) is 23.3 Å². The third kappa shape index (κ3) is 3.95. The molecule has 0 unspecified atom stereocenters. The molecule has 88 valence electrons. The van der Waals surface area contributed by atoms with E-state index in [9.17, 15) is 0 Å². The van der Waals surface area contributed by atoms with Gasteiger partial charge < -0.3 is 5.32 Å². The molecule has 0 bridgehead atoms. The fourth-order valence-electron chi connectivity index (χ4n) is 1.58. The van der Waals surface area contributed by atoms with Gasteiger partial charge in [0.15, 0.2) is 0 Å². The van der Waals surface area contributed by atoms with Gasteiger partial charge in [-0.05, 0) is 36.2 Å². The average Bonchev–Trinajstić information content (AvgIpc) is 2.32. The number of nitrogens with zero attached hydrogens (tertiary/aromatic N) is 1. The van der Waals surface area contributed by atoms with Crippen LogP contribution in [0.2, 0.25) is 0 Å². The van der Waals surface area contributed by atoms with Crippen LogP contribution in [-0.2, 0) is 13.1 Å². The zero-order valence-electron chi connectivity index (χ0n) is 9.78. The van der Waals surface area contributed by atoms with Crippen molar-refractivity contribution in [2.24, 2.45) is 0 Å². The number of halogens is 1. The summed E-state index contributed by atoms with van der Waals surface area (Å²) in [5, 5.41) is 3.38. The molecule has 17 heavy (non-hydrogen) atoms. The molecule has 0 amide bonds. The van der Waals surface area contributed by atoms with Gasteiger partial charge in [0.1, 0.15) is 0 Å². The van der Waals surface area contributed by atoms with Gasteiger partial charge in [0.05, 0.1) is 5.69 Å². The van der Waals surface area contributed by atoms with Crippen molar-refractivity contribution in [1.82, 2.24) is 10.3 Å². The minimum Gasteiger partial charge on any atom is -0.307 e. The largest absolute Gasteiger partial charge is 0.307 e. The summed E-state index contributed by atoms with van der Waals surface area (Å²) in [5.74, 6) is 0. The van der Waals surface area contributed by atoms with Crippen LogP contribution >= 0.6 is 15.9 Å². The normalized spacial score (nSPS) is 10.5. The van der Waals surface area contributed by atoms with Gasteiger partial charge in [-0.3, -0.25) is 4.98 Å². The number of nitrogens with one attached hydrogen (secondary N) is 1. The molecule has 2 rings (SSSR count). The Labute approximate surface area is 110 Å². The molecule has 0 saturated heterocycles. The molecule has 3 heteroatoms. The topological polar surface area (TPSA) is 24.9 Å². The van der Waals surface area contributed by atoms with Crippen molar-refractivity contribution in [3.05, 3.63) is 63.9 Å². The highest BCUT2D eigenvalue weighted by atomic mass is 79.9. The lowest BCUT2D eigenvalue weighted by molar-refractivity contribution is 0.679. The van der Waals surface area contributed by atoms with Gasteiger partial charge in [-0.25, -0.2) is 0 Å². The fourth-order valence-corrected chi connectivity index (χ4v) is 2.03. The van der Waals surface area contributed by atoms with Crippen molar-refractivity contribution < 1.29 is 0 Å². The molecule has 0 radical (unpaired) electrons. The Morgan fingerprint density at radius 3 is 2.76 bits per heavy atom. The van der Waals surface area contributed by atoms with Crippen LogP contribution in [-0.4, -0.2) is 4.98 Å². The molecule has 2 aromatic rings. The van der Waals surface area contributed by atoms with Crippen LogP contribution in [0.5, 0.6) is 0 Å². The van der Waals surface area contributed by atoms with Gasteiger partial charge in [0, 0.05) is 23.8 Å². The minimum atomic E-state index is 0.798. The summed E-state index contributed by atoms with van der Waals surface area (Å²) >= 11 is 3.47. The number of pyridine rings is 1. The Hall–Kier alpha value is -1.19. The van der Waals surface area contributed by atoms with E-state index in [1.165, 1.54) is 11.1 Å². The highest BCUT2D eigenvalue weighted by Gasteiger charge is 1.96. The molecular formula is C14H15BrN2. The van der Waals surface area contributed by atoms with Gasteiger partial charge in [-0.2, -0.15) is 0 Å². The second-order valence-electron chi connectivity index (χ2n) is 4.06. The number of aryl methyl sites for hydroxylation is 1. The minimum absolute atomic E-state index is 0.798. The van der Waals surface area contributed by atoms with E-state index >= 15 is 0 Å². The number of benzene rings is 1. The Bertz CT molecular complexity index is 480. The van der Waals surface area contributed by atoms with Gasteiger partial charge in [0.25, 0.3) is 0 Å². The van der Waals surface area contributed by atoms with E-state index in [-0.39, 0.29) is 0 Å². The Balaban J connectivity index is 1.85. The Kier molecular flexibility index (Phi) is 4.29. The first-order chi connectivity index (χ1) is 8.24. The van der Waals surface area contributed by atoms with Crippen molar-refractivity contribution in [3.63, 3.8) is 0 Å². The molecule has 1 aromatic heterocycles. The maximum Gasteiger partial charge on any atom is 0.0541 e. The maximum absolute atomic E-state index is 4.36. The van der Waals surface area contributed by atoms with Crippen LogP contribution in [0.25, 0.3) is 0 Å². The fraction of sp³-hybridized carbons (Fsp3) is 0.214. The molecular weight excluding hydrogens is 276 g/mol. The molecule has 0 atom stereocenters. The van der Waals surface area contributed by atoms with Crippen molar-refractivity contribution >= 4 is 15.9 Å². The second kappa shape index (κ2) is 5.94. The second-order valence-corrected chi connectivity index (χ2v) is 4.98. The van der Waals surface area contributed by atoms with Crippen LogP contribution in [0.3, 0.4) is 0 Å². The standard InChI is InChI=1S/C14H15BrN2/c1-11-5-6-14(17-8-11)10-16-9-12-3-2-4-13(15)7-12/h2-8,16H,9-10H2,1H3. The summed E-state index contributed by atoms with van der Waals surface area (Å²) in [4.78, 5) is 4.36. The van der Waals surface area contributed by atoms with E-state index in [4.69, 9.17) is 0 Å². The summed E-state index contributed by atoms with van der Waals surface area (Å²) in [6, 6.07) is 12.5. The van der Waals surface area contributed by atoms with Crippen molar-refractivity contribution in [2.45, 2.75) is 20.0 Å². The smallest absolute Gasteiger partial charge is 0.0541 e. The number of aromatic nitrogens is 1. The van der Waals surface area contributed by atoms with Crippen LogP contribution in [0.15, 0.2) is 47.1 Å². The zero-order chi connectivity index (χ0) is 12.1. The first-order valence-corrected chi connectivity index (χ1v) is 6.40. The first-order valence-electron chi connectivity index (χ1n) is 5.61. The molecule has 1 aromatic carbocycles. The van der Waals surface area contributed by atoms with Crippen LogP contribution in [0, 0.1) is 6.92 Å². The summed E-state index contributed by atoms with van der Waals surface area (Å²) in [6.45, 7) is 3.70. The molecule has 0 aliphatic rings. The summed E-state index contributed by atoms with van der Waals surface area (Å²) < 4.78 is 1.12. The Morgan fingerprint density at radius 2 is 2.06 bits per heavy atom. The first kappa shape index (κ1) is 12.3. The molecule has 1 N–H and O–H groups in total. The summed E-state index contributed by atoms with van der Waals surface area (Å²) in [6.07, 6.45) is 1.90. The zero-order valence-corrected chi connectivity index (χ0v) is 11.4. The maximum atomic E-state index is 4.36. The molecule has 0 fully saturated rings. The lowest BCUT2D eigenvalue weighted by atomic mass is 10.2. The number of hydrogen-bond acceptors (Lipinski definition) is 2. The van der Waals surface area contributed by atoms with Crippen molar-refractivity contribution in [1.29, 1.82) is 0 Å². The molecule has 1 heterocycles. The predicted octanol–water partition coefficient (Wildman–Crippen LogP) is 3.44. The number of rotatable bonds is 4. The van der Waals surface area contributed by atoms with E-state index < -0.39 is 0 Å². The SMILES string of the molecule is Cc1ccc(CNCc2cccc(Br)c2)nc1. The highest BCUT2D eigenvalue weighted by Crippen LogP contribution is 2.11. The van der Waals surface area contributed by atoms with Gasteiger partial charge in [0.2, 0.25) is 0 Å². The lowest BCUT2D eigenvalue weighted by Gasteiger charge is -2.05. The molecule has 0 spiro atoms. The summed E-state index contributed by atoms with van der Waals surface area (Å²) in [5.41, 5.74) is 3.54. The monoisotopic (exact) mass is 290 g/mol. The number of hydrogen-bond donors (Lipinski definition) is 1. The van der Waals surface area contributed by atoms with Crippen molar-refractivity contribution in [2.75, 3.05) is 0 Å². The third-order valence-electron chi connectivity index (χ3n) is 2.50. The molecule has 0 aliphatic carbocycles. The third-order valence-corrected chi connectivity index (χ3v) is 2.99. The predicted molar refractivity (Wildman–Crippen MR) is 73.7 cm³/mol.